The molecule has 0 radical (unpaired) electrons. The first-order valence-corrected chi connectivity index (χ1v) is 17.6. The predicted molar refractivity (Wildman–Crippen MR) is 211 cm³/mol. The van der Waals surface area contributed by atoms with Crippen LogP contribution in [0.5, 0.6) is 0 Å². The number of hydrogen-bond acceptors (Lipinski definition) is 8. The van der Waals surface area contributed by atoms with Gasteiger partial charge in [0.2, 0.25) is 0 Å². The number of anilines is 2. The third kappa shape index (κ3) is 10.3. The van der Waals surface area contributed by atoms with Crippen molar-refractivity contribution in [2.45, 2.75) is 19.4 Å². The molecule has 0 aliphatic carbocycles. The molecule has 0 fully saturated rings. The van der Waals surface area contributed by atoms with E-state index in [2.05, 4.69) is 60.8 Å². The first-order chi connectivity index (χ1) is 26.0. The molecule has 0 spiro atoms. The highest BCUT2D eigenvalue weighted by Gasteiger charge is 2.11. The summed E-state index contributed by atoms with van der Waals surface area (Å²) in [5, 5.41) is 34.2. The summed E-state index contributed by atoms with van der Waals surface area (Å²) in [6, 6.07) is 35.8. The maximum Gasteiger partial charge on any atom is 0.267 e. The molecule has 0 bridgehead atoms. The van der Waals surface area contributed by atoms with E-state index in [1.165, 1.54) is 17.0 Å². The highest BCUT2D eigenvalue weighted by molar-refractivity contribution is 6.30. The number of aromatic amines is 1. The summed E-state index contributed by atoms with van der Waals surface area (Å²) in [4.78, 5) is 20.6. The minimum atomic E-state index is -0.560. The van der Waals surface area contributed by atoms with Gasteiger partial charge in [0, 0.05) is 83.1 Å². The molecule has 0 saturated heterocycles. The van der Waals surface area contributed by atoms with Gasteiger partial charge in [-0.25, -0.2) is 5.48 Å². The summed E-state index contributed by atoms with van der Waals surface area (Å²) in [6.07, 6.45) is 10.2. The topological polar surface area (TPSA) is 139 Å². The second-order valence-electron chi connectivity index (χ2n) is 12.4. The molecule has 0 aliphatic heterocycles. The number of aliphatic hydroxyl groups is 1. The molecule has 1 amide bonds. The molecule has 7 rings (SSSR count). The Morgan fingerprint density at radius 1 is 0.811 bits per heavy atom. The number of amides is 1. The molecule has 3 heterocycles. The molecule has 7 aromatic rings. The van der Waals surface area contributed by atoms with Crippen molar-refractivity contribution in [1.29, 1.82) is 0 Å². The number of halogens is 1. The molecule has 53 heavy (non-hydrogen) atoms. The average molecular weight is 726 g/mol. The van der Waals surface area contributed by atoms with Crippen LogP contribution in [-0.2, 0) is 24.2 Å². The Bertz CT molecular complexity index is 2260. The number of hydroxylamine groups is 1. The molecule has 0 unspecified atom stereocenters. The number of nitrogens with one attached hydrogen (secondary N) is 3. The zero-order chi connectivity index (χ0) is 36.8. The van der Waals surface area contributed by atoms with Gasteiger partial charge in [-0.1, -0.05) is 78.3 Å². The summed E-state index contributed by atoms with van der Waals surface area (Å²) in [6.45, 7) is 2.32. The van der Waals surface area contributed by atoms with E-state index in [-0.39, 0.29) is 6.61 Å². The van der Waals surface area contributed by atoms with Gasteiger partial charge in [0.25, 0.3) is 5.91 Å². The van der Waals surface area contributed by atoms with Crippen LogP contribution < -0.4 is 10.8 Å². The summed E-state index contributed by atoms with van der Waals surface area (Å²) >= 11 is 5.95. The Kier molecular flexibility index (Phi) is 12.9. The maximum atomic E-state index is 11.0. The second-order valence-corrected chi connectivity index (χ2v) is 12.8. The van der Waals surface area contributed by atoms with Gasteiger partial charge in [0.1, 0.15) is 0 Å². The van der Waals surface area contributed by atoms with E-state index in [1.54, 1.807) is 23.9 Å². The fourth-order valence-corrected chi connectivity index (χ4v) is 6.10. The number of aromatic nitrogens is 4. The fraction of sp³-hybridized carbons (Fsp3) is 0.143. The number of carbonyl (C=O) groups is 1. The van der Waals surface area contributed by atoms with E-state index in [9.17, 15) is 9.90 Å². The van der Waals surface area contributed by atoms with Crippen molar-refractivity contribution in [1.82, 2.24) is 30.5 Å². The second kappa shape index (κ2) is 18.5. The van der Waals surface area contributed by atoms with Crippen molar-refractivity contribution in [3.8, 4) is 0 Å². The SMILES string of the molecule is Clc1ccc(Nc2nnc(Cc3ccncc3)c3ccccc23)cc1.O=C(/C=C/c1ccc(CN(CCO)CCc2c[nH]c3ccccc23)cc1)NO. The Labute approximate surface area is 312 Å². The van der Waals surface area contributed by atoms with Crippen molar-refractivity contribution in [3.63, 3.8) is 0 Å². The van der Waals surface area contributed by atoms with Gasteiger partial charge in [-0.15, -0.1) is 5.10 Å². The van der Waals surface area contributed by atoms with Gasteiger partial charge >= 0.3 is 0 Å². The fourth-order valence-electron chi connectivity index (χ4n) is 5.98. The van der Waals surface area contributed by atoms with Crippen LogP contribution in [0.15, 0.2) is 134 Å². The molecular formula is C42H40ClN7O3. The number of rotatable bonds is 13. The largest absolute Gasteiger partial charge is 0.395 e. The quantitative estimate of drug-likeness (QED) is 0.0463. The van der Waals surface area contributed by atoms with Crippen LogP contribution in [0.2, 0.25) is 5.02 Å². The van der Waals surface area contributed by atoms with Crippen LogP contribution in [0.4, 0.5) is 11.5 Å². The standard InChI is InChI=1S/C22H25N3O3.C20H15ClN4/c26-14-13-25(12-11-19-15-23-21-4-2-1-3-20(19)21)16-18-7-5-17(6-8-18)9-10-22(27)24-28;21-15-5-7-16(8-6-15)23-20-18-4-2-1-3-17(18)19(24-25-20)13-14-9-11-22-12-10-14/h1-10,15,23,26,28H,11-14,16H2,(H,24,27);1-12H,13H2,(H,23,25)/b10-9+;. The van der Waals surface area contributed by atoms with Gasteiger partial charge in [-0.05, 0) is 77.2 Å². The minimum Gasteiger partial charge on any atom is -0.395 e. The minimum absolute atomic E-state index is 0.116. The molecular weight excluding hydrogens is 686 g/mol. The number of pyridine rings is 1. The van der Waals surface area contributed by atoms with Crippen molar-refractivity contribution < 1.29 is 15.1 Å². The highest BCUT2D eigenvalue weighted by Crippen LogP contribution is 2.27. The zero-order valence-corrected chi connectivity index (χ0v) is 29.7. The molecule has 268 valence electrons. The van der Waals surface area contributed by atoms with Crippen LogP contribution in [0.1, 0.15) is 27.9 Å². The normalized spacial score (nSPS) is 11.2. The number of H-pyrrole nitrogens is 1. The number of hydrogen-bond donors (Lipinski definition) is 5. The van der Waals surface area contributed by atoms with Gasteiger partial charge in [-0.2, -0.15) is 5.10 Å². The van der Waals surface area contributed by atoms with Crippen molar-refractivity contribution in [2.75, 3.05) is 25.0 Å². The summed E-state index contributed by atoms with van der Waals surface area (Å²) in [5.41, 5.74) is 9.03. The first kappa shape index (κ1) is 36.9. The Balaban J connectivity index is 0.000000182. The van der Waals surface area contributed by atoms with Crippen molar-refractivity contribution in [2.24, 2.45) is 0 Å². The van der Waals surface area contributed by atoms with E-state index >= 15 is 0 Å². The predicted octanol–water partition coefficient (Wildman–Crippen LogP) is 7.74. The lowest BCUT2D eigenvalue weighted by Gasteiger charge is -2.21. The molecule has 3 aromatic heterocycles. The number of benzene rings is 4. The third-order valence-corrected chi connectivity index (χ3v) is 8.96. The van der Waals surface area contributed by atoms with Crippen LogP contribution in [-0.4, -0.2) is 61.0 Å². The Hall–Kier alpha value is -5.91. The highest BCUT2D eigenvalue weighted by atomic mass is 35.5. The smallest absolute Gasteiger partial charge is 0.267 e. The monoisotopic (exact) mass is 725 g/mol. The van der Waals surface area contributed by atoms with Gasteiger partial charge in [0.05, 0.1) is 12.3 Å². The lowest BCUT2D eigenvalue weighted by Crippen LogP contribution is -2.28. The lowest BCUT2D eigenvalue weighted by molar-refractivity contribution is -0.124. The van der Waals surface area contributed by atoms with E-state index < -0.39 is 5.91 Å². The van der Waals surface area contributed by atoms with Gasteiger partial charge in [-0.3, -0.25) is 19.9 Å². The van der Waals surface area contributed by atoms with E-state index in [0.29, 0.717) is 11.6 Å². The van der Waals surface area contributed by atoms with E-state index in [1.807, 2.05) is 84.9 Å². The molecule has 11 heteroatoms. The molecule has 0 aliphatic rings. The molecule has 10 nitrogen and oxygen atoms in total. The van der Waals surface area contributed by atoms with Crippen LogP contribution in [0, 0.1) is 0 Å². The average Bonchev–Trinajstić information content (AvgIpc) is 3.62. The summed E-state index contributed by atoms with van der Waals surface area (Å²) in [5.74, 6) is 0.173. The van der Waals surface area contributed by atoms with Crippen LogP contribution in [0.25, 0.3) is 27.8 Å². The molecule has 0 saturated carbocycles. The number of carbonyl (C=O) groups excluding carboxylic acids is 1. The Morgan fingerprint density at radius 2 is 1.53 bits per heavy atom. The number of nitrogens with zero attached hydrogens (tertiary/aromatic N) is 4. The third-order valence-electron chi connectivity index (χ3n) is 8.70. The molecule has 0 atom stereocenters. The summed E-state index contributed by atoms with van der Waals surface area (Å²) in [7, 11) is 0. The maximum absolute atomic E-state index is 11.0. The van der Waals surface area contributed by atoms with Crippen LogP contribution >= 0.6 is 11.6 Å². The van der Waals surface area contributed by atoms with Gasteiger partial charge in [0.15, 0.2) is 5.82 Å². The van der Waals surface area contributed by atoms with Crippen molar-refractivity contribution >= 4 is 56.8 Å². The molecule has 5 N–H and O–H groups in total. The van der Waals surface area contributed by atoms with Crippen LogP contribution in [0.3, 0.4) is 0 Å². The molecule has 4 aromatic carbocycles. The summed E-state index contributed by atoms with van der Waals surface area (Å²) < 4.78 is 0. The van der Waals surface area contributed by atoms with Gasteiger partial charge < -0.3 is 15.4 Å². The first-order valence-electron chi connectivity index (χ1n) is 17.2. The van der Waals surface area contributed by atoms with E-state index in [0.717, 1.165) is 76.1 Å². The lowest BCUT2D eigenvalue weighted by atomic mass is 10.0. The number of fused-ring (bicyclic) bond motifs is 2. The number of para-hydroxylation sites is 1. The zero-order valence-electron chi connectivity index (χ0n) is 29.0. The number of aliphatic hydroxyl groups excluding tert-OH is 1. The van der Waals surface area contributed by atoms with Crippen molar-refractivity contribution in [3.05, 3.63) is 167 Å². The van der Waals surface area contributed by atoms with E-state index in [4.69, 9.17) is 16.8 Å². The Morgan fingerprint density at radius 3 is 2.26 bits per heavy atom.